The molecular formula is C27H52. The zero-order valence-electron chi connectivity index (χ0n) is 19.0. The molecule has 0 bridgehead atoms. The van der Waals surface area contributed by atoms with Crippen molar-refractivity contribution in [3.05, 3.63) is 24.8 Å². The summed E-state index contributed by atoms with van der Waals surface area (Å²) in [5.41, 5.74) is 0. The number of unbranched alkanes of at least 4 members (excludes halogenated alkanes) is 21. The highest BCUT2D eigenvalue weighted by Gasteiger charge is 1.95. The molecule has 0 unspecified atom stereocenters. The SMILES string of the molecule is C=C/C=C/CCCCCCCCCCCCCCCCCCCCCCC. The molecule has 0 aliphatic rings. The van der Waals surface area contributed by atoms with E-state index in [0.29, 0.717) is 0 Å². The highest BCUT2D eigenvalue weighted by atomic mass is 14.0. The smallest absolute Gasteiger partial charge is 0.0348 e. The monoisotopic (exact) mass is 376 g/mol. The minimum absolute atomic E-state index is 1.23. The predicted octanol–water partition coefficient (Wildman–Crippen LogP) is 10.3. The molecule has 0 atom stereocenters. The Morgan fingerprint density at radius 2 is 0.741 bits per heavy atom. The van der Waals surface area contributed by atoms with Gasteiger partial charge in [-0.05, 0) is 12.8 Å². The summed E-state index contributed by atoms with van der Waals surface area (Å²) >= 11 is 0. The van der Waals surface area contributed by atoms with Crippen LogP contribution in [0.3, 0.4) is 0 Å². The van der Waals surface area contributed by atoms with Crippen LogP contribution in [0.1, 0.15) is 148 Å². The Hall–Kier alpha value is -0.520. The van der Waals surface area contributed by atoms with E-state index in [4.69, 9.17) is 0 Å². The average Bonchev–Trinajstić information content (AvgIpc) is 2.68. The van der Waals surface area contributed by atoms with Crippen LogP contribution in [0.4, 0.5) is 0 Å². The number of hydrogen-bond donors (Lipinski definition) is 0. The molecule has 0 nitrogen and oxygen atoms in total. The fraction of sp³-hybridized carbons (Fsp3) is 0.852. The van der Waals surface area contributed by atoms with E-state index in [1.54, 1.807) is 0 Å². The van der Waals surface area contributed by atoms with Gasteiger partial charge in [0.15, 0.2) is 0 Å². The summed E-state index contributed by atoms with van der Waals surface area (Å²) in [5.74, 6) is 0. The number of allylic oxidation sites excluding steroid dienone is 3. The minimum Gasteiger partial charge on any atom is -0.0991 e. The lowest BCUT2D eigenvalue weighted by atomic mass is 10.0. The quantitative estimate of drug-likeness (QED) is 0.123. The van der Waals surface area contributed by atoms with Gasteiger partial charge in [-0.25, -0.2) is 0 Å². The normalized spacial score (nSPS) is 11.4. The molecular weight excluding hydrogens is 324 g/mol. The first kappa shape index (κ1) is 26.5. The summed E-state index contributed by atoms with van der Waals surface area (Å²) in [6, 6.07) is 0. The average molecular weight is 377 g/mol. The van der Waals surface area contributed by atoms with Crippen molar-refractivity contribution in [3.8, 4) is 0 Å². The molecule has 0 heterocycles. The molecule has 0 rings (SSSR count). The molecule has 0 N–H and O–H groups in total. The van der Waals surface area contributed by atoms with Gasteiger partial charge in [-0.3, -0.25) is 0 Å². The third-order valence-electron chi connectivity index (χ3n) is 5.75. The Balaban J connectivity index is 2.99. The van der Waals surface area contributed by atoms with Crippen LogP contribution in [0.15, 0.2) is 24.8 Å². The van der Waals surface area contributed by atoms with Crippen LogP contribution in [0.2, 0.25) is 0 Å². The molecule has 0 aromatic heterocycles. The Labute approximate surface area is 173 Å². The fourth-order valence-electron chi connectivity index (χ4n) is 3.89. The predicted molar refractivity (Wildman–Crippen MR) is 127 cm³/mol. The van der Waals surface area contributed by atoms with Crippen molar-refractivity contribution in [2.75, 3.05) is 0 Å². The Kier molecular flexibility index (Phi) is 25.0. The van der Waals surface area contributed by atoms with E-state index in [0.717, 1.165) is 0 Å². The van der Waals surface area contributed by atoms with Crippen molar-refractivity contribution in [1.82, 2.24) is 0 Å². The first-order valence-electron chi connectivity index (χ1n) is 12.7. The Morgan fingerprint density at radius 1 is 0.444 bits per heavy atom. The van der Waals surface area contributed by atoms with Crippen molar-refractivity contribution in [2.45, 2.75) is 148 Å². The van der Waals surface area contributed by atoms with Crippen LogP contribution in [0.25, 0.3) is 0 Å². The molecule has 0 aromatic carbocycles. The van der Waals surface area contributed by atoms with Crippen molar-refractivity contribution in [3.63, 3.8) is 0 Å². The van der Waals surface area contributed by atoms with Crippen LogP contribution in [-0.4, -0.2) is 0 Å². The van der Waals surface area contributed by atoms with E-state index in [1.807, 2.05) is 6.08 Å². The van der Waals surface area contributed by atoms with E-state index < -0.39 is 0 Å². The van der Waals surface area contributed by atoms with Crippen molar-refractivity contribution >= 4 is 0 Å². The molecule has 0 spiro atoms. The summed E-state index contributed by atoms with van der Waals surface area (Å²) in [7, 11) is 0. The second kappa shape index (κ2) is 25.5. The van der Waals surface area contributed by atoms with Gasteiger partial charge in [0.1, 0.15) is 0 Å². The van der Waals surface area contributed by atoms with Gasteiger partial charge in [0.2, 0.25) is 0 Å². The topological polar surface area (TPSA) is 0 Å². The summed E-state index contributed by atoms with van der Waals surface area (Å²) in [6.45, 7) is 6.00. The Morgan fingerprint density at radius 3 is 1.04 bits per heavy atom. The summed E-state index contributed by atoms with van der Waals surface area (Å²) in [4.78, 5) is 0. The van der Waals surface area contributed by atoms with E-state index in [9.17, 15) is 0 Å². The maximum Gasteiger partial charge on any atom is -0.0348 e. The van der Waals surface area contributed by atoms with Crippen LogP contribution in [0.5, 0.6) is 0 Å². The summed E-state index contributed by atoms with van der Waals surface area (Å²) in [5, 5.41) is 0. The van der Waals surface area contributed by atoms with Gasteiger partial charge in [0.05, 0.1) is 0 Å². The zero-order chi connectivity index (χ0) is 19.7. The van der Waals surface area contributed by atoms with Gasteiger partial charge in [-0.15, -0.1) is 0 Å². The first-order valence-corrected chi connectivity index (χ1v) is 12.7. The van der Waals surface area contributed by atoms with Gasteiger partial charge < -0.3 is 0 Å². The van der Waals surface area contributed by atoms with Crippen molar-refractivity contribution in [1.29, 1.82) is 0 Å². The van der Waals surface area contributed by atoms with Crippen LogP contribution < -0.4 is 0 Å². The van der Waals surface area contributed by atoms with Crippen LogP contribution >= 0.6 is 0 Å². The van der Waals surface area contributed by atoms with Crippen LogP contribution in [-0.2, 0) is 0 Å². The highest BCUT2D eigenvalue weighted by Crippen LogP contribution is 2.15. The lowest BCUT2D eigenvalue weighted by Gasteiger charge is -2.04. The van der Waals surface area contributed by atoms with E-state index in [1.165, 1.54) is 141 Å². The standard InChI is InChI=1S/C27H52/c1-3-5-7-9-11-13-15-17-19-21-23-25-27-26-24-22-20-18-16-14-12-10-8-6-4-2/h3,5,7H,1,4,6,8-27H2,2H3/b7-5+. The van der Waals surface area contributed by atoms with E-state index in [-0.39, 0.29) is 0 Å². The van der Waals surface area contributed by atoms with Crippen molar-refractivity contribution in [2.24, 2.45) is 0 Å². The lowest BCUT2D eigenvalue weighted by molar-refractivity contribution is 0.520. The molecule has 0 aromatic rings. The second-order valence-electron chi connectivity index (χ2n) is 8.52. The highest BCUT2D eigenvalue weighted by molar-refractivity contribution is 4.96. The molecule has 0 radical (unpaired) electrons. The van der Waals surface area contributed by atoms with E-state index in [2.05, 4.69) is 25.7 Å². The largest absolute Gasteiger partial charge is 0.0991 e. The van der Waals surface area contributed by atoms with E-state index >= 15 is 0 Å². The van der Waals surface area contributed by atoms with Gasteiger partial charge >= 0.3 is 0 Å². The summed E-state index contributed by atoms with van der Waals surface area (Å²) < 4.78 is 0. The molecule has 0 fully saturated rings. The molecule has 0 heteroatoms. The number of rotatable bonds is 23. The Bertz CT molecular complexity index is 288. The van der Waals surface area contributed by atoms with Gasteiger partial charge in [-0.2, -0.15) is 0 Å². The molecule has 0 aliphatic carbocycles. The lowest BCUT2D eigenvalue weighted by Crippen LogP contribution is -1.84. The second-order valence-corrected chi connectivity index (χ2v) is 8.52. The first-order chi connectivity index (χ1) is 13.4. The molecule has 0 amide bonds. The fourth-order valence-corrected chi connectivity index (χ4v) is 3.89. The van der Waals surface area contributed by atoms with Crippen molar-refractivity contribution < 1.29 is 0 Å². The number of hydrogen-bond acceptors (Lipinski definition) is 0. The summed E-state index contributed by atoms with van der Waals surface area (Å²) in [6.07, 6.45) is 38.0. The van der Waals surface area contributed by atoms with Gasteiger partial charge in [0.25, 0.3) is 0 Å². The maximum atomic E-state index is 3.70. The third kappa shape index (κ3) is 25.5. The minimum atomic E-state index is 1.23. The third-order valence-corrected chi connectivity index (χ3v) is 5.75. The molecule has 0 aliphatic heterocycles. The molecule has 0 saturated heterocycles. The van der Waals surface area contributed by atoms with Gasteiger partial charge in [-0.1, -0.05) is 160 Å². The van der Waals surface area contributed by atoms with Gasteiger partial charge in [0, 0.05) is 0 Å². The molecule has 27 heavy (non-hydrogen) atoms. The van der Waals surface area contributed by atoms with Crippen LogP contribution in [0, 0.1) is 0 Å². The molecule has 160 valence electrons. The zero-order valence-corrected chi connectivity index (χ0v) is 19.0. The molecule has 0 saturated carbocycles. The maximum absolute atomic E-state index is 3.70.